The second-order valence-corrected chi connectivity index (χ2v) is 9.48. The molecule has 0 radical (unpaired) electrons. The van der Waals surface area contributed by atoms with E-state index < -0.39 is 0 Å². The Bertz CT molecular complexity index is 1420. The van der Waals surface area contributed by atoms with E-state index in [9.17, 15) is 9.59 Å². The van der Waals surface area contributed by atoms with Crippen LogP contribution in [0.1, 0.15) is 56.3 Å². The first-order valence-electron chi connectivity index (χ1n) is 12.1. The van der Waals surface area contributed by atoms with Gasteiger partial charge in [-0.25, -0.2) is 4.98 Å². The summed E-state index contributed by atoms with van der Waals surface area (Å²) in [6.07, 6.45) is 8.51. The van der Waals surface area contributed by atoms with Gasteiger partial charge in [0.15, 0.2) is 5.69 Å². The summed E-state index contributed by atoms with van der Waals surface area (Å²) in [7, 11) is 0. The molecule has 1 N–H and O–H groups in total. The number of nitrogens with one attached hydrogen (secondary N) is 1. The Morgan fingerprint density at radius 2 is 2.03 bits per heavy atom. The average molecular weight is 470 g/mol. The Morgan fingerprint density at radius 3 is 2.83 bits per heavy atom. The minimum absolute atomic E-state index is 0.133. The fraction of sp³-hybridized carbons (Fsp3) is 0.346. The number of carbonyl (C=O) groups excluding carboxylic acids is 2. The van der Waals surface area contributed by atoms with Crippen LogP contribution in [0.5, 0.6) is 0 Å². The number of pyridine rings is 2. The lowest BCUT2D eigenvalue weighted by molar-refractivity contribution is 0.0725. The molecule has 35 heavy (non-hydrogen) atoms. The predicted octanol–water partition coefficient (Wildman–Crippen LogP) is 2.77. The summed E-state index contributed by atoms with van der Waals surface area (Å²) in [5, 5.41) is 7.67. The molecule has 0 spiro atoms. The lowest BCUT2D eigenvalue weighted by Gasteiger charge is -2.27. The van der Waals surface area contributed by atoms with Crippen molar-refractivity contribution >= 4 is 17.5 Å². The molecule has 0 aromatic carbocycles. The van der Waals surface area contributed by atoms with Gasteiger partial charge < -0.3 is 14.6 Å². The maximum Gasteiger partial charge on any atom is 0.274 e. The second kappa shape index (κ2) is 8.65. The molecule has 4 aromatic heterocycles. The van der Waals surface area contributed by atoms with Gasteiger partial charge in [0.25, 0.3) is 11.8 Å². The number of imidazole rings is 1. The van der Waals surface area contributed by atoms with Crippen LogP contribution >= 0.6 is 0 Å². The fourth-order valence-electron chi connectivity index (χ4n) is 4.67. The molecule has 4 aromatic rings. The van der Waals surface area contributed by atoms with E-state index in [1.807, 2.05) is 52.5 Å². The van der Waals surface area contributed by atoms with E-state index >= 15 is 0 Å². The third-order valence-electron chi connectivity index (χ3n) is 6.74. The minimum Gasteiger partial charge on any atom is -0.345 e. The van der Waals surface area contributed by atoms with Gasteiger partial charge in [0.05, 0.1) is 18.8 Å². The summed E-state index contributed by atoms with van der Waals surface area (Å²) >= 11 is 0. The molecule has 9 heteroatoms. The number of rotatable bonds is 6. The molecule has 9 nitrogen and oxygen atoms in total. The predicted molar refractivity (Wildman–Crippen MR) is 129 cm³/mol. The molecule has 6 rings (SSSR count). The molecule has 2 amide bonds. The third kappa shape index (κ3) is 4.29. The van der Waals surface area contributed by atoms with Crippen LogP contribution in [0.2, 0.25) is 0 Å². The van der Waals surface area contributed by atoms with E-state index in [2.05, 4.69) is 15.3 Å². The molecule has 1 aliphatic heterocycles. The van der Waals surface area contributed by atoms with Gasteiger partial charge >= 0.3 is 0 Å². The molecule has 2 aliphatic rings. The van der Waals surface area contributed by atoms with Crippen molar-refractivity contribution in [1.29, 1.82) is 0 Å². The largest absolute Gasteiger partial charge is 0.345 e. The van der Waals surface area contributed by atoms with E-state index in [4.69, 9.17) is 5.10 Å². The second-order valence-electron chi connectivity index (χ2n) is 9.48. The Balaban J connectivity index is 1.26. The number of amides is 2. The summed E-state index contributed by atoms with van der Waals surface area (Å²) in [6, 6.07) is 9.50. The summed E-state index contributed by atoms with van der Waals surface area (Å²) < 4.78 is 3.88. The van der Waals surface area contributed by atoms with E-state index in [0.717, 1.165) is 34.7 Å². The van der Waals surface area contributed by atoms with E-state index in [1.165, 1.54) is 12.8 Å². The van der Waals surface area contributed by atoms with Crippen LogP contribution in [0.15, 0.2) is 48.9 Å². The molecule has 1 aliphatic carbocycles. The molecule has 0 unspecified atom stereocenters. The Morgan fingerprint density at radius 1 is 1.14 bits per heavy atom. The van der Waals surface area contributed by atoms with Crippen LogP contribution in [-0.4, -0.2) is 47.4 Å². The van der Waals surface area contributed by atoms with Crippen LogP contribution < -0.4 is 5.32 Å². The standard InChI is InChI=1S/C26H27N7O2/c1-17-5-8-23-29-21(16-32(23)13-17)26(35)31-11-9-22-20(15-31)24(30-33(22)14-18-6-7-18)25(34)28-12-19-4-2-3-10-27-19/h2-5,8,10,13,16,18H,6-7,9,11-12,14-15H2,1H3,(H,28,34). The van der Waals surface area contributed by atoms with Crippen LogP contribution in [0.4, 0.5) is 0 Å². The van der Waals surface area contributed by atoms with Crippen molar-refractivity contribution < 1.29 is 9.59 Å². The van der Waals surface area contributed by atoms with Crippen molar-refractivity contribution in [2.75, 3.05) is 6.54 Å². The van der Waals surface area contributed by atoms with Gasteiger partial charge in [-0.05, 0) is 49.4 Å². The van der Waals surface area contributed by atoms with Crippen molar-refractivity contribution in [3.8, 4) is 0 Å². The molecule has 0 bridgehead atoms. The van der Waals surface area contributed by atoms with E-state index in [1.54, 1.807) is 17.3 Å². The SMILES string of the molecule is Cc1ccc2nc(C(=O)N3CCc4c(c(C(=O)NCc5ccccn5)nn4CC4CC4)C3)cn2c1. The van der Waals surface area contributed by atoms with E-state index in [-0.39, 0.29) is 11.8 Å². The zero-order valence-electron chi connectivity index (χ0n) is 19.6. The number of fused-ring (bicyclic) bond motifs is 2. The highest BCUT2D eigenvalue weighted by Crippen LogP contribution is 2.33. The molecular formula is C26H27N7O2. The quantitative estimate of drug-likeness (QED) is 0.468. The van der Waals surface area contributed by atoms with Gasteiger partial charge in [0, 0.05) is 49.4 Å². The monoisotopic (exact) mass is 469 g/mol. The lowest BCUT2D eigenvalue weighted by atomic mass is 10.0. The summed E-state index contributed by atoms with van der Waals surface area (Å²) in [6.45, 7) is 4.08. The smallest absolute Gasteiger partial charge is 0.274 e. The zero-order chi connectivity index (χ0) is 23.9. The molecular weight excluding hydrogens is 442 g/mol. The molecule has 1 fully saturated rings. The van der Waals surface area contributed by atoms with Gasteiger partial charge in [-0.3, -0.25) is 19.3 Å². The van der Waals surface area contributed by atoms with Crippen LogP contribution in [0.25, 0.3) is 5.65 Å². The van der Waals surface area contributed by atoms with Crippen LogP contribution in [-0.2, 0) is 26.1 Å². The first-order valence-corrected chi connectivity index (χ1v) is 12.1. The van der Waals surface area contributed by atoms with Crippen molar-refractivity contribution in [3.05, 3.63) is 82.8 Å². The highest BCUT2D eigenvalue weighted by atomic mass is 16.2. The van der Waals surface area contributed by atoms with Gasteiger partial charge in [-0.1, -0.05) is 12.1 Å². The maximum absolute atomic E-state index is 13.4. The Kier molecular flexibility index (Phi) is 5.32. The Labute approximate surface area is 202 Å². The van der Waals surface area contributed by atoms with Gasteiger partial charge in [0.2, 0.25) is 0 Å². The third-order valence-corrected chi connectivity index (χ3v) is 6.74. The van der Waals surface area contributed by atoms with Crippen molar-refractivity contribution in [2.24, 2.45) is 5.92 Å². The number of hydrogen-bond donors (Lipinski definition) is 1. The van der Waals surface area contributed by atoms with Crippen LogP contribution in [0.3, 0.4) is 0 Å². The minimum atomic E-state index is -0.237. The summed E-state index contributed by atoms with van der Waals surface area (Å²) in [5.41, 5.74) is 5.33. The average Bonchev–Trinajstić information content (AvgIpc) is 3.48. The highest BCUT2D eigenvalue weighted by Gasteiger charge is 2.33. The number of aryl methyl sites for hydroxylation is 1. The van der Waals surface area contributed by atoms with Crippen molar-refractivity contribution in [1.82, 2.24) is 34.4 Å². The topological polar surface area (TPSA) is 97.4 Å². The molecule has 178 valence electrons. The van der Waals surface area contributed by atoms with Crippen LogP contribution in [0, 0.1) is 12.8 Å². The summed E-state index contributed by atoms with van der Waals surface area (Å²) in [5.74, 6) is 0.260. The number of hydrogen-bond acceptors (Lipinski definition) is 5. The fourth-order valence-corrected chi connectivity index (χ4v) is 4.67. The zero-order valence-corrected chi connectivity index (χ0v) is 19.6. The molecule has 5 heterocycles. The highest BCUT2D eigenvalue weighted by molar-refractivity contribution is 5.95. The number of aromatic nitrogens is 5. The number of carbonyl (C=O) groups is 2. The lowest BCUT2D eigenvalue weighted by Crippen LogP contribution is -2.37. The summed E-state index contributed by atoms with van der Waals surface area (Å²) in [4.78, 5) is 37.1. The number of nitrogens with zero attached hydrogens (tertiary/aromatic N) is 6. The first kappa shape index (κ1) is 21.5. The molecule has 0 saturated heterocycles. The maximum atomic E-state index is 13.4. The van der Waals surface area contributed by atoms with Gasteiger partial charge in [0.1, 0.15) is 11.3 Å². The van der Waals surface area contributed by atoms with Crippen molar-refractivity contribution in [2.45, 2.75) is 45.8 Å². The first-order chi connectivity index (χ1) is 17.0. The van der Waals surface area contributed by atoms with Crippen molar-refractivity contribution in [3.63, 3.8) is 0 Å². The van der Waals surface area contributed by atoms with E-state index in [0.29, 0.717) is 43.4 Å². The van der Waals surface area contributed by atoms with Gasteiger partial charge in [-0.15, -0.1) is 0 Å². The Hall–Kier alpha value is -4.01. The molecule has 0 atom stereocenters. The van der Waals surface area contributed by atoms with Gasteiger partial charge in [-0.2, -0.15) is 5.10 Å². The normalized spacial score (nSPS) is 15.3. The molecule has 1 saturated carbocycles.